The number of amides is 1. The summed E-state index contributed by atoms with van der Waals surface area (Å²) in [4.78, 5) is 18.3. The minimum absolute atomic E-state index is 0.0357. The van der Waals surface area contributed by atoms with Crippen LogP contribution in [0.25, 0.3) is 10.4 Å². The molecule has 2 aromatic heterocycles. The first-order chi connectivity index (χ1) is 13.3. The molecule has 132 valence electrons. The first-order valence-electron chi connectivity index (χ1n) is 8.71. The second-order valence-corrected chi connectivity index (χ2v) is 7.09. The Morgan fingerprint density at radius 1 is 0.852 bits per heavy atom. The Labute approximate surface area is 162 Å². The van der Waals surface area contributed by atoms with Gasteiger partial charge in [-0.3, -0.25) is 9.78 Å². The van der Waals surface area contributed by atoms with Crippen molar-refractivity contribution in [3.63, 3.8) is 0 Å². The number of carbonyl (C=O) groups excluding carboxylic acids is 1. The summed E-state index contributed by atoms with van der Waals surface area (Å²) in [5.74, 6) is -0.386. The van der Waals surface area contributed by atoms with Gasteiger partial charge < -0.3 is 5.32 Å². The number of aromatic nitrogens is 1. The Bertz CT molecular complexity index is 974. The molecule has 4 aromatic rings. The van der Waals surface area contributed by atoms with E-state index in [1.165, 1.54) is 0 Å². The molecule has 0 fully saturated rings. The van der Waals surface area contributed by atoms with Gasteiger partial charge in [-0.2, -0.15) is 0 Å². The van der Waals surface area contributed by atoms with Gasteiger partial charge in [0.25, 0.3) is 0 Å². The Kier molecular flexibility index (Phi) is 5.08. The molecule has 0 bridgehead atoms. The lowest BCUT2D eigenvalue weighted by Gasteiger charge is -2.17. The number of carbonyl (C=O) groups is 1. The molecule has 1 N–H and O–H groups in total. The number of anilines is 1. The number of rotatable bonds is 5. The van der Waals surface area contributed by atoms with Crippen LogP contribution in [0.15, 0.2) is 96.6 Å². The van der Waals surface area contributed by atoms with Gasteiger partial charge in [0.15, 0.2) is 0 Å². The topological polar surface area (TPSA) is 42.0 Å². The molecule has 0 aliphatic heterocycles. The normalized spacial score (nSPS) is 10.7. The predicted octanol–water partition coefficient (Wildman–Crippen LogP) is 5.58. The molecule has 4 rings (SSSR count). The van der Waals surface area contributed by atoms with Gasteiger partial charge >= 0.3 is 0 Å². The molecule has 2 heterocycles. The molecule has 0 spiro atoms. The lowest BCUT2D eigenvalue weighted by molar-refractivity contribution is -0.116. The van der Waals surface area contributed by atoms with Crippen LogP contribution in [-0.4, -0.2) is 10.9 Å². The standard InChI is InChI=1S/C23H18N2OS/c26-23(25-20-15-21(27-16-20)17-11-13-24-14-12-17)22(18-7-3-1-4-8-18)19-9-5-2-6-10-19/h1-16,22H,(H,25,26). The molecule has 0 unspecified atom stereocenters. The van der Waals surface area contributed by atoms with E-state index in [0.29, 0.717) is 0 Å². The molecule has 2 aromatic carbocycles. The molecule has 0 radical (unpaired) electrons. The summed E-state index contributed by atoms with van der Waals surface area (Å²) in [6.07, 6.45) is 3.54. The molecule has 0 atom stereocenters. The number of thiophene rings is 1. The summed E-state index contributed by atoms with van der Waals surface area (Å²) >= 11 is 1.61. The van der Waals surface area contributed by atoms with Gasteiger partial charge in [-0.05, 0) is 34.9 Å². The SMILES string of the molecule is O=C(Nc1csc(-c2ccncc2)c1)C(c1ccccc1)c1ccccc1. The zero-order chi connectivity index (χ0) is 18.5. The summed E-state index contributed by atoms with van der Waals surface area (Å²) in [7, 11) is 0. The molecule has 0 saturated carbocycles. The summed E-state index contributed by atoms with van der Waals surface area (Å²) in [6.45, 7) is 0. The van der Waals surface area contributed by atoms with Crippen LogP contribution in [0.5, 0.6) is 0 Å². The highest BCUT2D eigenvalue weighted by Gasteiger charge is 2.23. The van der Waals surface area contributed by atoms with Gasteiger partial charge in [0.05, 0.1) is 11.6 Å². The van der Waals surface area contributed by atoms with Crippen LogP contribution in [-0.2, 0) is 4.79 Å². The van der Waals surface area contributed by atoms with Gasteiger partial charge in [0.2, 0.25) is 5.91 Å². The van der Waals surface area contributed by atoms with Gasteiger partial charge in [0.1, 0.15) is 0 Å². The molecule has 3 nitrogen and oxygen atoms in total. The number of benzene rings is 2. The highest BCUT2D eigenvalue weighted by Crippen LogP contribution is 2.31. The van der Waals surface area contributed by atoms with Gasteiger partial charge in [-0.25, -0.2) is 0 Å². The lowest BCUT2D eigenvalue weighted by Crippen LogP contribution is -2.21. The van der Waals surface area contributed by atoms with E-state index in [0.717, 1.165) is 27.3 Å². The molecule has 1 amide bonds. The van der Waals surface area contributed by atoms with Crippen molar-refractivity contribution in [3.8, 4) is 10.4 Å². The van der Waals surface area contributed by atoms with Crippen molar-refractivity contribution in [2.45, 2.75) is 5.92 Å². The van der Waals surface area contributed by atoms with E-state index in [9.17, 15) is 4.79 Å². The van der Waals surface area contributed by atoms with Crippen molar-refractivity contribution in [1.82, 2.24) is 4.98 Å². The van der Waals surface area contributed by atoms with Crippen molar-refractivity contribution in [2.75, 3.05) is 5.32 Å². The number of pyridine rings is 1. The molecular formula is C23H18N2OS. The Balaban J connectivity index is 1.61. The highest BCUT2D eigenvalue weighted by molar-refractivity contribution is 7.14. The summed E-state index contributed by atoms with van der Waals surface area (Å²) in [6, 6.07) is 25.7. The molecule has 0 aliphatic rings. The first kappa shape index (κ1) is 17.2. The van der Waals surface area contributed by atoms with Crippen LogP contribution >= 0.6 is 11.3 Å². The maximum absolute atomic E-state index is 13.1. The maximum atomic E-state index is 13.1. The number of nitrogens with zero attached hydrogens (tertiary/aromatic N) is 1. The zero-order valence-electron chi connectivity index (χ0n) is 14.6. The average molecular weight is 370 g/mol. The van der Waals surface area contributed by atoms with E-state index in [4.69, 9.17) is 0 Å². The minimum atomic E-state index is -0.350. The fraction of sp³-hybridized carbons (Fsp3) is 0.0435. The fourth-order valence-electron chi connectivity index (χ4n) is 3.07. The summed E-state index contributed by atoms with van der Waals surface area (Å²) in [5.41, 5.74) is 3.86. The second-order valence-electron chi connectivity index (χ2n) is 6.18. The van der Waals surface area contributed by atoms with Crippen molar-refractivity contribution in [1.29, 1.82) is 0 Å². The van der Waals surface area contributed by atoms with Crippen LogP contribution in [0.1, 0.15) is 17.0 Å². The number of hydrogen-bond acceptors (Lipinski definition) is 3. The predicted molar refractivity (Wildman–Crippen MR) is 111 cm³/mol. The van der Waals surface area contributed by atoms with Gasteiger partial charge in [-0.15, -0.1) is 11.3 Å². The number of nitrogens with one attached hydrogen (secondary N) is 1. The van der Waals surface area contributed by atoms with Gasteiger partial charge in [0, 0.05) is 22.7 Å². The largest absolute Gasteiger partial charge is 0.324 e. The third-order valence-electron chi connectivity index (χ3n) is 4.36. The molecule has 0 aliphatic carbocycles. The summed E-state index contributed by atoms with van der Waals surface area (Å²) < 4.78 is 0. The highest BCUT2D eigenvalue weighted by atomic mass is 32.1. The lowest BCUT2D eigenvalue weighted by atomic mass is 9.90. The molecule has 0 saturated heterocycles. The van der Waals surface area contributed by atoms with Crippen molar-refractivity contribution >= 4 is 22.9 Å². The minimum Gasteiger partial charge on any atom is -0.324 e. The van der Waals surface area contributed by atoms with Crippen molar-refractivity contribution in [3.05, 3.63) is 108 Å². The van der Waals surface area contributed by atoms with Crippen LogP contribution in [0.4, 0.5) is 5.69 Å². The van der Waals surface area contributed by atoms with Crippen LogP contribution in [0.3, 0.4) is 0 Å². The number of hydrogen-bond donors (Lipinski definition) is 1. The smallest absolute Gasteiger partial charge is 0.236 e. The van der Waals surface area contributed by atoms with E-state index in [-0.39, 0.29) is 11.8 Å². The molecule has 27 heavy (non-hydrogen) atoms. The quantitative estimate of drug-likeness (QED) is 0.498. The van der Waals surface area contributed by atoms with E-state index in [2.05, 4.69) is 10.3 Å². The monoisotopic (exact) mass is 370 g/mol. The van der Waals surface area contributed by atoms with Crippen molar-refractivity contribution in [2.24, 2.45) is 0 Å². The van der Waals surface area contributed by atoms with Crippen molar-refractivity contribution < 1.29 is 4.79 Å². The van der Waals surface area contributed by atoms with E-state index < -0.39 is 0 Å². The third-order valence-corrected chi connectivity index (χ3v) is 5.34. The molecule has 4 heteroatoms. The third kappa shape index (κ3) is 3.96. The van der Waals surface area contributed by atoms with Crippen LogP contribution in [0, 0.1) is 0 Å². The fourth-order valence-corrected chi connectivity index (χ4v) is 3.92. The second kappa shape index (κ2) is 7.98. The van der Waals surface area contributed by atoms with E-state index >= 15 is 0 Å². The molecular weight excluding hydrogens is 352 g/mol. The van der Waals surface area contributed by atoms with Crippen LogP contribution in [0.2, 0.25) is 0 Å². The summed E-state index contributed by atoms with van der Waals surface area (Å²) in [5, 5.41) is 5.06. The van der Waals surface area contributed by atoms with Gasteiger partial charge in [-0.1, -0.05) is 60.7 Å². The van der Waals surface area contributed by atoms with E-state index in [1.807, 2.05) is 84.2 Å². The Hall–Kier alpha value is -3.24. The first-order valence-corrected chi connectivity index (χ1v) is 9.59. The average Bonchev–Trinajstić information content (AvgIpc) is 3.19. The van der Waals surface area contributed by atoms with Crippen LogP contribution < -0.4 is 5.32 Å². The van der Waals surface area contributed by atoms with E-state index in [1.54, 1.807) is 23.7 Å². The maximum Gasteiger partial charge on any atom is 0.236 e. The zero-order valence-corrected chi connectivity index (χ0v) is 15.4. The Morgan fingerprint density at radius 2 is 1.44 bits per heavy atom. The Morgan fingerprint density at radius 3 is 2.04 bits per heavy atom.